The number of rotatable bonds is 11. The predicted molar refractivity (Wildman–Crippen MR) is 148 cm³/mol. The molecule has 0 bridgehead atoms. The number of benzene rings is 2. The largest absolute Gasteiger partial charge is 0.360 e. The lowest BCUT2D eigenvalue weighted by atomic mass is 9.97. The second-order valence-corrected chi connectivity index (χ2v) is 10.4. The van der Waals surface area contributed by atoms with Crippen molar-refractivity contribution >= 4 is 35.1 Å². The summed E-state index contributed by atoms with van der Waals surface area (Å²) >= 11 is 6.56. The number of halogens is 1. The maximum Gasteiger partial charge on any atom is 0.247 e. The van der Waals surface area contributed by atoms with Crippen LogP contribution in [0.3, 0.4) is 0 Å². The summed E-state index contributed by atoms with van der Waals surface area (Å²) in [7, 11) is 0. The Morgan fingerprint density at radius 2 is 1.74 bits per heavy atom. The van der Waals surface area contributed by atoms with E-state index in [-0.39, 0.29) is 42.9 Å². The van der Waals surface area contributed by atoms with Gasteiger partial charge >= 0.3 is 0 Å². The minimum absolute atomic E-state index is 0.0908. The van der Waals surface area contributed by atoms with Crippen molar-refractivity contribution < 1.29 is 18.9 Å². The van der Waals surface area contributed by atoms with Gasteiger partial charge < -0.3 is 20.1 Å². The molecule has 0 aliphatic carbocycles. The van der Waals surface area contributed by atoms with Gasteiger partial charge in [0.2, 0.25) is 17.7 Å². The van der Waals surface area contributed by atoms with Crippen molar-refractivity contribution in [3.63, 3.8) is 0 Å². The number of nitrogens with one attached hydrogen (secondary N) is 2. The molecular formula is C29H35ClN4O4. The zero-order valence-corrected chi connectivity index (χ0v) is 23.3. The molecule has 0 aliphatic heterocycles. The van der Waals surface area contributed by atoms with Gasteiger partial charge in [-0.25, -0.2) is 0 Å². The van der Waals surface area contributed by atoms with E-state index in [0.29, 0.717) is 22.8 Å². The zero-order valence-electron chi connectivity index (χ0n) is 22.5. The fourth-order valence-corrected chi connectivity index (χ4v) is 4.09. The molecule has 0 fully saturated rings. The number of nitrogens with zero attached hydrogens (tertiary/aromatic N) is 2. The Morgan fingerprint density at radius 1 is 1.05 bits per heavy atom. The highest BCUT2D eigenvalue weighted by Gasteiger charge is 2.35. The van der Waals surface area contributed by atoms with E-state index >= 15 is 0 Å². The summed E-state index contributed by atoms with van der Waals surface area (Å²) < 4.78 is 4.97. The third kappa shape index (κ3) is 7.92. The van der Waals surface area contributed by atoms with Crippen molar-refractivity contribution in [1.82, 2.24) is 15.4 Å². The number of aromatic nitrogens is 1. The van der Waals surface area contributed by atoms with Crippen LogP contribution in [0.1, 0.15) is 68.5 Å². The monoisotopic (exact) mass is 538 g/mol. The quantitative estimate of drug-likeness (QED) is 0.324. The topological polar surface area (TPSA) is 105 Å². The lowest BCUT2D eigenvalue weighted by Gasteiger charge is -2.35. The second-order valence-electron chi connectivity index (χ2n) is 10.0. The first kappa shape index (κ1) is 28.9. The Labute approximate surface area is 228 Å². The molecule has 0 unspecified atom stereocenters. The first-order chi connectivity index (χ1) is 18.0. The molecule has 2 aromatic carbocycles. The van der Waals surface area contributed by atoms with Crippen molar-refractivity contribution in [2.75, 3.05) is 5.32 Å². The van der Waals surface area contributed by atoms with Crippen LogP contribution in [0.5, 0.6) is 0 Å². The van der Waals surface area contributed by atoms with E-state index in [0.717, 1.165) is 11.1 Å². The van der Waals surface area contributed by atoms with Gasteiger partial charge in [-0.05, 0) is 45.7 Å². The summed E-state index contributed by atoms with van der Waals surface area (Å²) in [6.45, 7) is 9.70. The summed E-state index contributed by atoms with van der Waals surface area (Å²) in [5.41, 5.74) is 1.95. The van der Waals surface area contributed by atoms with Crippen molar-refractivity contribution in [2.24, 2.45) is 0 Å². The second kappa shape index (κ2) is 12.7. The molecule has 8 nitrogen and oxygen atoms in total. The molecule has 1 atom stereocenters. The zero-order chi connectivity index (χ0) is 27.9. The van der Waals surface area contributed by atoms with E-state index < -0.39 is 11.6 Å². The van der Waals surface area contributed by atoms with Gasteiger partial charge in [-0.15, -0.1) is 0 Å². The maximum atomic E-state index is 13.8. The molecule has 3 rings (SSSR count). The van der Waals surface area contributed by atoms with E-state index in [1.807, 2.05) is 52.0 Å². The van der Waals surface area contributed by atoms with Gasteiger partial charge in [0, 0.05) is 41.6 Å². The highest BCUT2D eigenvalue weighted by molar-refractivity contribution is 6.31. The van der Waals surface area contributed by atoms with Gasteiger partial charge in [0.15, 0.2) is 5.82 Å². The van der Waals surface area contributed by atoms with Crippen LogP contribution in [0, 0.1) is 13.8 Å². The summed E-state index contributed by atoms with van der Waals surface area (Å²) in [5.74, 6) is -0.233. The third-order valence-electron chi connectivity index (χ3n) is 6.36. The summed E-state index contributed by atoms with van der Waals surface area (Å²) in [6.07, 6.45) is 0.494. The molecule has 0 aliphatic rings. The Balaban J connectivity index is 1.93. The van der Waals surface area contributed by atoms with Crippen LogP contribution < -0.4 is 10.6 Å². The minimum atomic E-state index is -0.996. The van der Waals surface area contributed by atoms with Crippen LogP contribution in [-0.2, 0) is 20.9 Å². The third-order valence-corrected chi connectivity index (χ3v) is 6.70. The Kier molecular flexibility index (Phi) is 9.69. The first-order valence-electron chi connectivity index (χ1n) is 12.6. The molecule has 2 N–H and O–H groups in total. The molecule has 1 aromatic heterocycles. The van der Waals surface area contributed by atoms with Gasteiger partial charge in [-0.1, -0.05) is 71.7 Å². The van der Waals surface area contributed by atoms with Crippen molar-refractivity contribution in [3.05, 3.63) is 82.1 Å². The van der Waals surface area contributed by atoms with Gasteiger partial charge in [-0.3, -0.25) is 14.4 Å². The average molecular weight is 539 g/mol. The smallest absolute Gasteiger partial charge is 0.247 e. The van der Waals surface area contributed by atoms with E-state index in [1.54, 1.807) is 37.3 Å². The molecule has 38 heavy (non-hydrogen) atoms. The van der Waals surface area contributed by atoms with Gasteiger partial charge in [0.05, 0.1) is 0 Å². The van der Waals surface area contributed by atoms with E-state index in [1.165, 1.54) is 4.90 Å². The number of carbonyl (C=O) groups is 3. The van der Waals surface area contributed by atoms with E-state index in [4.69, 9.17) is 16.1 Å². The predicted octanol–water partition coefficient (Wildman–Crippen LogP) is 5.74. The number of amides is 3. The normalized spacial score (nSPS) is 12.1. The molecule has 3 aromatic rings. The maximum absolute atomic E-state index is 13.8. The molecular weight excluding hydrogens is 504 g/mol. The first-order valence-corrected chi connectivity index (χ1v) is 13.0. The van der Waals surface area contributed by atoms with Gasteiger partial charge in [0.25, 0.3) is 0 Å². The Bertz CT molecular complexity index is 1270. The average Bonchev–Trinajstić information content (AvgIpc) is 3.28. The fourth-order valence-electron chi connectivity index (χ4n) is 3.85. The fraction of sp³-hybridized carbons (Fsp3) is 0.379. The number of hydrogen-bond acceptors (Lipinski definition) is 5. The molecule has 0 spiro atoms. The summed E-state index contributed by atoms with van der Waals surface area (Å²) in [4.78, 5) is 41.5. The van der Waals surface area contributed by atoms with E-state index in [9.17, 15) is 14.4 Å². The molecule has 0 saturated heterocycles. The molecule has 202 valence electrons. The van der Waals surface area contributed by atoms with Gasteiger partial charge in [0.1, 0.15) is 11.8 Å². The summed E-state index contributed by atoms with van der Waals surface area (Å²) in [6, 6.07) is 15.4. The highest BCUT2D eigenvalue weighted by atomic mass is 35.5. The summed E-state index contributed by atoms with van der Waals surface area (Å²) in [5, 5.41) is 9.83. The van der Waals surface area contributed by atoms with Crippen molar-refractivity contribution in [3.8, 4) is 0 Å². The van der Waals surface area contributed by atoms with Crippen LogP contribution in [0.4, 0.5) is 5.82 Å². The number of aryl methyl sites for hydroxylation is 2. The highest BCUT2D eigenvalue weighted by Crippen LogP contribution is 2.31. The molecule has 3 amide bonds. The van der Waals surface area contributed by atoms with Crippen LogP contribution in [-0.4, -0.2) is 33.3 Å². The number of anilines is 1. The molecule has 9 heteroatoms. The lowest BCUT2D eigenvalue weighted by molar-refractivity contribution is -0.142. The SMILES string of the molecule is CCC(C)(C)NC(=O)[C@H](c1ccccc1Cl)N(Cc1ccc(C)cc1)C(=O)CCC(=O)Nc1cc(C)on1. The molecule has 0 radical (unpaired) electrons. The molecule has 0 saturated carbocycles. The molecule has 1 heterocycles. The van der Waals surface area contributed by atoms with Crippen LogP contribution >= 0.6 is 11.6 Å². The van der Waals surface area contributed by atoms with Crippen molar-refractivity contribution in [2.45, 2.75) is 72.0 Å². The van der Waals surface area contributed by atoms with Gasteiger partial charge in [-0.2, -0.15) is 0 Å². The Hall–Kier alpha value is -3.65. The standard InChI is InChI=1S/C29H35ClN4O4/c1-6-29(4,5)32-28(37)27(22-9-7-8-10-23(22)30)34(18-21-13-11-19(2)12-14-21)26(36)16-15-25(35)31-24-17-20(3)38-33-24/h7-14,17,27H,6,15-16,18H2,1-5H3,(H,32,37)(H,31,33,35)/t27-/m0/s1. The van der Waals surface area contributed by atoms with Crippen LogP contribution in [0.25, 0.3) is 0 Å². The van der Waals surface area contributed by atoms with E-state index in [2.05, 4.69) is 15.8 Å². The Morgan fingerprint density at radius 3 is 2.34 bits per heavy atom. The van der Waals surface area contributed by atoms with Crippen LogP contribution in [0.2, 0.25) is 5.02 Å². The van der Waals surface area contributed by atoms with Crippen molar-refractivity contribution in [1.29, 1.82) is 0 Å². The van der Waals surface area contributed by atoms with Crippen LogP contribution in [0.15, 0.2) is 59.1 Å². The minimum Gasteiger partial charge on any atom is -0.360 e. The number of carbonyl (C=O) groups excluding carboxylic acids is 3. The lowest BCUT2D eigenvalue weighted by Crippen LogP contribution is -2.50. The number of hydrogen-bond donors (Lipinski definition) is 2.